The highest BCUT2D eigenvalue weighted by Gasteiger charge is 2.19. The molecule has 1 N–H and O–H groups in total. The molecule has 1 aromatic heterocycles. The Labute approximate surface area is 108 Å². The van der Waals surface area contributed by atoms with Crippen molar-refractivity contribution in [2.24, 2.45) is 7.05 Å². The zero-order valence-corrected chi connectivity index (χ0v) is 12.1. The van der Waals surface area contributed by atoms with Gasteiger partial charge in [0.25, 0.3) is 0 Å². The molecular weight excluding hydrogens is 230 g/mol. The lowest BCUT2D eigenvalue weighted by Crippen LogP contribution is -2.26. The van der Waals surface area contributed by atoms with Gasteiger partial charge in [-0.2, -0.15) is 16.9 Å². The second kappa shape index (κ2) is 5.44. The van der Waals surface area contributed by atoms with Crippen molar-refractivity contribution in [2.75, 3.05) is 12.3 Å². The van der Waals surface area contributed by atoms with Gasteiger partial charge in [0.05, 0.1) is 5.69 Å². The summed E-state index contributed by atoms with van der Waals surface area (Å²) >= 11 is 2.11. The first-order valence-electron chi connectivity index (χ1n) is 6.44. The van der Waals surface area contributed by atoms with Crippen LogP contribution in [0.25, 0.3) is 0 Å². The molecule has 0 aliphatic carbocycles. The van der Waals surface area contributed by atoms with Gasteiger partial charge >= 0.3 is 0 Å². The molecular formula is C13H23N3S. The molecule has 1 fully saturated rings. The Kier molecular flexibility index (Phi) is 4.15. The van der Waals surface area contributed by atoms with Gasteiger partial charge in [-0.15, -0.1) is 0 Å². The van der Waals surface area contributed by atoms with Crippen LogP contribution in [0.2, 0.25) is 0 Å². The number of hydrogen-bond acceptors (Lipinski definition) is 3. The Balaban J connectivity index is 1.96. The minimum atomic E-state index is 0.407. The van der Waals surface area contributed by atoms with E-state index in [1.807, 2.05) is 11.7 Å². The van der Waals surface area contributed by atoms with Crippen LogP contribution in [0.4, 0.5) is 0 Å². The molecule has 4 heteroatoms. The SMILES string of the molecule is Cc1nn(C)c(C)c1C(C)NCC1CCCS1. The van der Waals surface area contributed by atoms with Gasteiger partial charge in [0.15, 0.2) is 0 Å². The minimum Gasteiger partial charge on any atom is -0.309 e. The highest BCUT2D eigenvalue weighted by atomic mass is 32.2. The molecule has 2 heterocycles. The zero-order valence-electron chi connectivity index (χ0n) is 11.3. The second-order valence-corrected chi connectivity index (χ2v) is 6.38. The van der Waals surface area contributed by atoms with Crippen LogP contribution in [-0.2, 0) is 7.05 Å². The lowest BCUT2D eigenvalue weighted by molar-refractivity contribution is 0.554. The number of hydrogen-bond donors (Lipinski definition) is 1. The monoisotopic (exact) mass is 253 g/mol. The van der Waals surface area contributed by atoms with Gasteiger partial charge in [-0.05, 0) is 39.4 Å². The van der Waals surface area contributed by atoms with Crippen LogP contribution in [0.1, 0.15) is 42.8 Å². The number of nitrogens with one attached hydrogen (secondary N) is 1. The number of nitrogens with zero attached hydrogens (tertiary/aromatic N) is 2. The van der Waals surface area contributed by atoms with Crippen LogP contribution >= 0.6 is 11.8 Å². The van der Waals surface area contributed by atoms with Gasteiger partial charge in [-0.25, -0.2) is 0 Å². The summed E-state index contributed by atoms with van der Waals surface area (Å²) in [7, 11) is 2.02. The van der Waals surface area contributed by atoms with E-state index in [1.165, 1.54) is 29.9 Å². The molecule has 2 atom stereocenters. The molecule has 1 aliphatic rings. The molecule has 0 radical (unpaired) electrons. The summed E-state index contributed by atoms with van der Waals surface area (Å²) in [5, 5.41) is 8.96. The van der Waals surface area contributed by atoms with Crippen LogP contribution in [0.5, 0.6) is 0 Å². The third-order valence-corrected chi connectivity index (χ3v) is 5.07. The van der Waals surface area contributed by atoms with Crippen LogP contribution in [0, 0.1) is 13.8 Å². The van der Waals surface area contributed by atoms with Crippen molar-refractivity contribution in [3.63, 3.8) is 0 Å². The van der Waals surface area contributed by atoms with Gasteiger partial charge in [0, 0.05) is 36.1 Å². The Morgan fingerprint density at radius 3 is 2.82 bits per heavy atom. The summed E-state index contributed by atoms with van der Waals surface area (Å²) in [6.45, 7) is 7.62. The van der Waals surface area contributed by atoms with Gasteiger partial charge in [0.1, 0.15) is 0 Å². The van der Waals surface area contributed by atoms with E-state index in [-0.39, 0.29) is 0 Å². The van der Waals surface area contributed by atoms with Crippen molar-refractivity contribution in [2.45, 2.75) is 44.9 Å². The molecule has 1 saturated heterocycles. The Morgan fingerprint density at radius 1 is 1.53 bits per heavy atom. The third kappa shape index (κ3) is 2.86. The largest absolute Gasteiger partial charge is 0.309 e. The molecule has 0 spiro atoms. The topological polar surface area (TPSA) is 29.9 Å². The highest BCUT2D eigenvalue weighted by Crippen LogP contribution is 2.27. The fraction of sp³-hybridized carbons (Fsp3) is 0.769. The fourth-order valence-corrected chi connectivity index (χ4v) is 3.85. The number of rotatable bonds is 4. The quantitative estimate of drug-likeness (QED) is 0.894. The lowest BCUT2D eigenvalue weighted by atomic mass is 10.1. The number of aromatic nitrogens is 2. The van der Waals surface area contributed by atoms with Gasteiger partial charge in [-0.3, -0.25) is 4.68 Å². The first-order valence-corrected chi connectivity index (χ1v) is 7.49. The number of thioether (sulfide) groups is 1. The van der Waals surface area contributed by atoms with Crippen LogP contribution in [0.15, 0.2) is 0 Å². The van der Waals surface area contributed by atoms with E-state index in [0.717, 1.165) is 17.5 Å². The molecule has 1 aliphatic heterocycles. The summed E-state index contributed by atoms with van der Waals surface area (Å²) in [6.07, 6.45) is 2.76. The normalized spacial score (nSPS) is 22.0. The van der Waals surface area contributed by atoms with E-state index in [2.05, 4.69) is 42.9 Å². The van der Waals surface area contributed by atoms with Crippen molar-refractivity contribution in [3.8, 4) is 0 Å². The molecule has 17 heavy (non-hydrogen) atoms. The Bertz CT molecular complexity index is 380. The summed E-state index contributed by atoms with van der Waals surface area (Å²) in [5.41, 5.74) is 3.81. The van der Waals surface area contributed by atoms with E-state index in [1.54, 1.807) is 0 Å². The average Bonchev–Trinajstić information content (AvgIpc) is 2.86. The standard InChI is InChI=1S/C13H23N3S/c1-9(14-8-12-6-5-7-17-12)13-10(2)15-16(4)11(13)3/h9,12,14H,5-8H2,1-4H3. The molecule has 1 aromatic rings. The lowest BCUT2D eigenvalue weighted by Gasteiger charge is -2.17. The van der Waals surface area contributed by atoms with Gasteiger partial charge in [0.2, 0.25) is 0 Å². The van der Waals surface area contributed by atoms with Gasteiger partial charge in [-0.1, -0.05) is 0 Å². The smallest absolute Gasteiger partial charge is 0.0644 e. The van der Waals surface area contributed by atoms with E-state index in [0.29, 0.717) is 6.04 Å². The zero-order chi connectivity index (χ0) is 12.4. The van der Waals surface area contributed by atoms with E-state index >= 15 is 0 Å². The summed E-state index contributed by atoms with van der Waals surface area (Å²) < 4.78 is 1.98. The molecule has 0 saturated carbocycles. The summed E-state index contributed by atoms with van der Waals surface area (Å²) in [6, 6.07) is 0.407. The third-order valence-electron chi connectivity index (χ3n) is 3.67. The highest BCUT2D eigenvalue weighted by molar-refractivity contribution is 8.00. The van der Waals surface area contributed by atoms with Crippen molar-refractivity contribution >= 4 is 11.8 Å². The maximum Gasteiger partial charge on any atom is 0.0644 e. The Hall–Kier alpha value is -0.480. The van der Waals surface area contributed by atoms with E-state index < -0.39 is 0 Å². The predicted octanol–water partition coefficient (Wildman–Crippen LogP) is 2.58. The average molecular weight is 253 g/mol. The van der Waals surface area contributed by atoms with E-state index in [9.17, 15) is 0 Å². The van der Waals surface area contributed by atoms with Crippen LogP contribution < -0.4 is 5.32 Å². The Morgan fingerprint density at radius 2 is 2.29 bits per heavy atom. The van der Waals surface area contributed by atoms with Gasteiger partial charge < -0.3 is 5.32 Å². The summed E-state index contributed by atoms with van der Waals surface area (Å²) in [5.74, 6) is 1.34. The van der Waals surface area contributed by atoms with Crippen LogP contribution in [-0.4, -0.2) is 27.3 Å². The predicted molar refractivity (Wildman–Crippen MR) is 74.6 cm³/mol. The first kappa shape index (κ1) is 13.0. The minimum absolute atomic E-state index is 0.407. The molecule has 3 nitrogen and oxygen atoms in total. The van der Waals surface area contributed by atoms with Crippen molar-refractivity contribution in [1.82, 2.24) is 15.1 Å². The molecule has 2 rings (SSSR count). The molecule has 0 amide bonds. The van der Waals surface area contributed by atoms with E-state index in [4.69, 9.17) is 0 Å². The molecule has 2 unspecified atom stereocenters. The maximum absolute atomic E-state index is 4.48. The second-order valence-electron chi connectivity index (χ2n) is 4.97. The number of aryl methyl sites for hydroxylation is 2. The molecule has 0 bridgehead atoms. The maximum atomic E-state index is 4.48. The van der Waals surface area contributed by atoms with Crippen molar-refractivity contribution in [3.05, 3.63) is 17.0 Å². The molecule has 0 aromatic carbocycles. The first-order chi connectivity index (χ1) is 8.09. The van der Waals surface area contributed by atoms with Crippen molar-refractivity contribution in [1.29, 1.82) is 0 Å². The van der Waals surface area contributed by atoms with Crippen LogP contribution in [0.3, 0.4) is 0 Å². The fourth-order valence-electron chi connectivity index (χ4n) is 2.63. The summed E-state index contributed by atoms with van der Waals surface area (Å²) in [4.78, 5) is 0. The van der Waals surface area contributed by atoms with Crippen molar-refractivity contribution < 1.29 is 0 Å². The molecule has 96 valence electrons.